The third-order valence-electron chi connectivity index (χ3n) is 3.49. The van der Waals surface area contributed by atoms with Gasteiger partial charge < -0.3 is 4.74 Å². The molecule has 0 amide bonds. The standard InChI is InChI=1S/C17H14ClNOS2/c1-19-15(11-5-9-14(20-2)10-6-11)17(21)22-16(19)12-3-7-13(18)8-4-12/h3-10H,1-2H3/p+1. The fourth-order valence-corrected chi connectivity index (χ4v) is 4.05. The molecule has 2 aromatic carbocycles. The fraction of sp³-hybridized carbons (Fsp3) is 0.118. The highest BCUT2D eigenvalue weighted by molar-refractivity contribution is 7.83. The van der Waals surface area contributed by atoms with E-state index in [9.17, 15) is 0 Å². The minimum Gasteiger partial charge on any atom is -0.497 e. The summed E-state index contributed by atoms with van der Waals surface area (Å²) in [5.74, 6) is 0.847. The molecule has 0 N–H and O–H groups in total. The number of ether oxygens (including phenoxy) is 1. The van der Waals surface area contributed by atoms with Crippen LogP contribution in [0.1, 0.15) is 0 Å². The molecule has 112 valence electrons. The van der Waals surface area contributed by atoms with Crippen LogP contribution in [0, 0.1) is 0 Å². The second-order valence-electron chi connectivity index (χ2n) is 4.86. The smallest absolute Gasteiger partial charge is 0.270 e. The predicted molar refractivity (Wildman–Crippen MR) is 95.2 cm³/mol. The summed E-state index contributed by atoms with van der Waals surface area (Å²) in [6.45, 7) is 0. The second kappa shape index (κ2) is 6.32. The Hall–Kier alpha value is -1.49. The maximum absolute atomic E-state index is 5.97. The number of nitrogens with zero attached hydrogens (tertiary/aromatic N) is 1. The van der Waals surface area contributed by atoms with Crippen molar-refractivity contribution in [3.05, 3.63) is 53.6 Å². The topological polar surface area (TPSA) is 13.1 Å². The minimum absolute atomic E-state index is 0.740. The molecular formula is C17H15ClNOS2+. The molecule has 5 heteroatoms. The van der Waals surface area contributed by atoms with Gasteiger partial charge in [-0.2, -0.15) is 4.57 Å². The van der Waals surface area contributed by atoms with Crippen LogP contribution in [0.4, 0.5) is 0 Å². The molecule has 0 bridgehead atoms. The van der Waals surface area contributed by atoms with Gasteiger partial charge in [0.2, 0.25) is 5.69 Å². The number of benzene rings is 2. The molecule has 1 heterocycles. The zero-order valence-electron chi connectivity index (χ0n) is 12.2. The van der Waals surface area contributed by atoms with E-state index < -0.39 is 0 Å². The Kier molecular flexibility index (Phi) is 4.43. The van der Waals surface area contributed by atoms with Crippen molar-refractivity contribution in [2.75, 3.05) is 7.11 Å². The highest BCUT2D eigenvalue weighted by Crippen LogP contribution is 2.35. The van der Waals surface area contributed by atoms with Gasteiger partial charge in [0.15, 0.2) is 0 Å². The van der Waals surface area contributed by atoms with Crippen molar-refractivity contribution in [1.82, 2.24) is 0 Å². The summed E-state index contributed by atoms with van der Waals surface area (Å²) in [4.78, 5) is 0. The van der Waals surface area contributed by atoms with Crippen molar-refractivity contribution < 1.29 is 9.30 Å². The quantitative estimate of drug-likeness (QED) is 0.527. The zero-order chi connectivity index (χ0) is 15.7. The van der Waals surface area contributed by atoms with Gasteiger partial charge in [0.25, 0.3) is 5.01 Å². The van der Waals surface area contributed by atoms with Crippen molar-refractivity contribution in [3.63, 3.8) is 0 Å². The Bertz CT molecular complexity index is 795. The van der Waals surface area contributed by atoms with Crippen molar-refractivity contribution in [1.29, 1.82) is 0 Å². The first-order chi connectivity index (χ1) is 10.6. The van der Waals surface area contributed by atoms with Gasteiger partial charge in [-0.15, -0.1) is 12.6 Å². The van der Waals surface area contributed by atoms with Gasteiger partial charge in [0.1, 0.15) is 17.0 Å². The first kappa shape index (κ1) is 15.4. The van der Waals surface area contributed by atoms with Gasteiger partial charge in [0, 0.05) is 10.6 Å². The third-order valence-corrected chi connectivity index (χ3v) is 5.32. The van der Waals surface area contributed by atoms with E-state index in [0.29, 0.717) is 0 Å². The molecule has 0 aliphatic rings. The Morgan fingerprint density at radius 3 is 2.18 bits per heavy atom. The molecule has 0 saturated carbocycles. The molecule has 22 heavy (non-hydrogen) atoms. The molecular weight excluding hydrogens is 334 g/mol. The average Bonchev–Trinajstić information content (AvgIpc) is 2.83. The molecule has 0 radical (unpaired) electrons. The maximum atomic E-state index is 5.97. The van der Waals surface area contributed by atoms with Gasteiger partial charge in [-0.1, -0.05) is 22.9 Å². The van der Waals surface area contributed by atoms with Crippen LogP contribution in [0.3, 0.4) is 0 Å². The van der Waals surface area contributed by atoms with Crippen LogP contribution in [0.5, 0.6) is 5.75 Å². The highest BCUT2D eigenvalue weighted by atomic mass is 35.5. The Morgan fingerprint density at radius 1 is 1.00 bits per heavy atom. The molecule has 1 aromatic heterocycles. The lowest BCUT2D eigenvalue weighted by molar-refractivity contribution is -0.646. The number of methoxy groups -OCH3 is 1. The van der Waals surface area contributed by atoms with Crippen molar-refractivity contribution in [2.24, 2.45) is 7.05 Å². The number of halogens is 1. The van der Waals surface area contributed by atoms with Gasteiger partial charge >= 0.3 is 0 Å². The van der Waals surface area contributed by atoms with Crippen LogP contribution >= 0.6 is 35.6 Å². The van der Waals surface area contributed by atoms with Gasteiger partial charge in [-0.3, -0.25) is 0 Å². The molecule has 0 unspecified atom stereocenters. The minimum atomic E-state index is 0.740. The Labute approximate surface area is 144 Å². The van der Waals surface area contributed by atoms with Crippen LogP contribution < -0.4 is 9.30 Å². The Morgan fingerprint density at radius 2 is 1.59 bits per heavy atom. The van der Waals surface area contributed by atoms with Crippen LogP contribution in [0.25, 0.3) is 21.8 Å². The summed E-state index contributed by atoms with van der Waals surface area (Å²) in [5, 5.41) is 1.89. The van der Waals surface area contributed by atoms with Crippen LogP contribution in [0.15, 0.2) is 52.7 Å². The van der Waals surface area contributed by atoms with Crippen LogP contribution in [0.2, 0.25) is 5.02 Å². The summed E-state index contributed by atoms with van der Waals surface area (Å²) in [5.41, 5.74) is 3.35. The predicted octanol–water partition coefficient (Wildman–Crippen LogP) is 4.86. The number of thiol groups is 1. The molecule has 0 atom stereocenters. The summed E-state index contributed by atoms with van der Waals surface area (Å²) < 4.78 is 8.36. The largest absolute Gasteiger partial charge is 0.497 e. The van der Waals surface area contributed by atoms with Gasteiger partial charge in [0.05, 0.1) is 12.7 Å². The number of hydrogen-bond acceptors (Lipinski definition) is 3. The lowest BCUT2D eigenvalue weighted by Gasteiger charge is -2.01. The molecule has 0 aliphatic carbocycles. The van der Waals surface area contributed by atoms with E-state index in [-0.39, 0.29) is 0 Å². The van der Waals surface area contributed by atoms with E-state index in [0.717, 1.165) is 36.8 Å². The monoisotopic (exact) mass is 348 g/mol. The molecule has 2 nitrogen and oxygen atoms in total. The van der Waals surface area contributed by atoms with Crippen molar-refractivity contribution in [2.45, 2.75) is 4.21 Å². The lowest BCUT2D eigenvalue weighted by atomic mass is 10.1. The van der Waals surface area contributed by atoms with Gasteiger partial charge in [-0.05, 0) is 48.5 Å². The first-order valence-electron chi connectivity index (χ1n) is 6.72. The van der Waals surface area contributed by atoms with Crippen LogP contribution in [-0.4, -0.2) is 7.11 Å². The van der Waals surface area contributed by atoms with Gasteiger partial charge in [-0.25, -0.2) is 0 Å². The third kappa shape index (κ3) is 2.86. The fourth-order valence-electron chi connectivity index (χ4n) is 2.36. The molecule has 3 rings (SSSR count). The van der Waals surface area contributed by atoms with E-state index in [1.165, 1.54) is 0 Å². The number of rotatable bonds is 3. The van der Waals surface area contributed by atoms with E-state index in [1.54, 1.807) is 18.4 Å². The highest BCUT2D eigenvalue weighted by Gasteiger charge is 2.24. The molecule has 0 spiro atoms. The second-order valence-corrected chi connectivity index (χ2v) is 7.04. The van der Waals surface area contributed by atoms with Crippen molar-refractivity contribution >= 4 is 35.6 Å². The summed E-state index contributed by atoms with van der Waals surface area (Å²) >= 11 is 12.3. The maximum Gasteiger partial charge on any atom is 0.270 e. The van der Waals surface area contributed by atoms with E-state index in [4.69, 9.17) is 16.3 Å². The van der Waals surface area contributed by atoms with Crippen LogP contribution in [-0.2, 0) is 7.05 Å². The normalized spacial score (nSPS) is 10.7. The molecule has 3 aromatic rings. The number of aromatic nitrogens is 1. The first-order valence-corrected chi connectivity index (χ1v) is 8.36. The summed E-state index contributed by atoms with van der Waals surface area (Å²) in [6.07, 6.45) is 0. The molecule has 0 saturated heterocycles. The Balaban J connectivity index is 2.07. The SMILES string of the molecule is COc1ccc(-c2c(S)sc(-c3ccc(Cl)cc3)[n+]2C)cc1. The van der Waals surface area contributed by atoms with E-state index >= 15 is 0 Å². The summed E-state index contributed by atoms with van der Waals surface area (Å²) in [6, 6.07) is 15.9. The zero-order valence-corrected chi connectivity index (χ0v) is 14.7. The van der Waals surface area contributed by atoms with E-state index in [1.807, 2.05) is 48.5 Å². The molecule has 0 aliphatic heterocycles. The molecule has 0 fully saturated rings. The number of hydrogen-bond donors (Lipinski definition) is 1. The lowest BCUT2D eigenvalue weighted by Crippen LogP contribution is -2.30. The van der Waals surface area contributed by atoms with Crippen molar-refractivity contribution in [3.8, 4) is 27.6 Å². The number of thiazole rings is 1. The summed E-state index contributed by atoms with van der Waals surface area (Å²) in [7, 11) is 3.72. The van der Waals surface area contributed by atoms with E-state index in [2.05, 4.69) is 24.2 Å². The average molecular weight is 349 g/mol.